The summed E-state index contributed by atoms with van der Waals surface area (Å²) in [6.07, 6.45) is 4.63. The highest BCUT2D eigenvalue weighted by molar-refractivity contribution is 5.85. The molecule has 0 aliphatic carbocycles. The molecule has 2 aliphatic rings. The third-order valence-electron chi connectivity index (χ3n) is 4.36. The zero-order chi connectivity index (χ0) is 13.8. The van der Waals surface area contributed by atoms with Crippen LogP contribution in [0.3, 0.4) is 0 Å². The zero-order valence-electron chi connectivity index (χ0n) is 13.3. The van der Waals surface area contributed by atoms with E-state index in [1.165, 1.54) is 32.5 Å². The van der Waals surface area contributed by atoms with Crippen molar-refractivity contribution in [1.82, 2.24) is 9.80 Å². The maximum Gasteiger partial charge on any atom is 0.239 e. The standard InChI is InChI=1S/C15H29N3O.2ClH/c1-12(2)9-14(16)15(19)18-8-5-13(11-18)10-17-6-3-4-7-17;;/h12-14H,3-11,16H2,1-2H3;2*1H/t13?,14-;;/m0../s1. The van der Waals surface area contributed by atoms with E-state index in [0.717, 1.165) is 25.9 Å². The largest absolute Gasteiger partial charge is 0.341 e. The summed E-state index contributed by atoms with van der Waals surface area (Å²) in [5, 5.41) is 0. The van der Waals surface area contributed by atoms with Crippen molar-refractivity contribution in [1.29, 1.82) is 0 Å². The van der Waals surface area contributed by atoms with Crippen molar-refractivity contribution in [2.24, 2.45) is 17.6 Å². The van der Waals surface area contributed by atoms with Crippen molar-refractivity contribution < 1.29 is 4.79 Å². The Hall–Kier alpha value is -0.0300. The van der Waals surface area contributed by atoms with Crippen LogP contribution in [-0.2, 0) is 4.79 Å². The molecule has 2 heterocycles. The number of amides is 1. The van der Waals surface area contributed by atoms with Crippen LogP contribution >= 0.6 is 24.8 Å². The third kappa shape index (κ3) is 6.31. The molecule has 2 N–H and O–H groups in total. The quantitative estimate of drug-likeness (QED) is 0.834. The Balaban J connectivity index is 0.00000200. The Kier molecular flexibility index (Phi) is 9.87. The van der Waals surface area contributed by atoms with Gasteiger partial charge in [0.2, 0.25) is 5.91 Å². The first-order valence-corrected chi connectivity index (χ1v) is 7.83. The lowest BCUT2D eigenvalue weighted by molar-refractivity contribution is -0.132. The summed E-state index contributed by atoms with van der Waals surface area (Å²) in [5.74, 6) is 1.31. The number of halogens is 2. The Morgan fingerprint density at radius 2 is 1.81 bits per heavy atom. The van der Waals surface area contributed by atoms with Gasteiger partial charge in [-0.3, -0.25) is 4.79 Å². The molecule has 126 valence electrons. The van der Waals surface area contributed by atoms with Gasteiger partial charge in [-0.15, -0.1) is 24.8 Å². The number of nitrogens with two attached hydrogens (primary N) is 1. The van der Waals surface area contributed by atoms with Crippen molar-refractivity contribution >= 4 is 30.7 Å². The lowest BCUT2D eigenvalue weighted by atomic mass is 10.0. The molecule has 2 aliphatic heterocycles. The minimum atomic E-state index is -0.300. The first-order chi connectivity index (χ1) is 9.06. The molecule has 1 unspecified atom stereocenters. The lowest BCUT2D eigenvalue weighted by Gasteiger charge is -2.23. The van der Waals surface area contributed by atoms with Gasteiger partial charge in [-0.2, -0.15) is 0 Å². The van der Waals surface area contributed by atoms with Gasteiger partial charge in [0.25, 0.3) is 0 Å². The molecule has 0 aromatic heterocycles. The number of hydrogen-bond donors (Lipinski definition) is 1. The number of carbonyl (C=O) groups is 1. The zero-order valence-corrected chi connectivity index (χ0v) is 14.9. The molecule has 4 nitrogen and oxygen atoms in total. The summed E-state index contributed by atoms with van der Waals surface area (Å²) in [5.41, 5.74) is 6.01. The molecule has 21 heavy (non-hydrogen) atoms. The summed E-state index contributed by atoms with van der Waals surface area (Å²) in [4.78, 5) is 16.8. The van der Waals surface area contributed by atoms with Gasteiger partial charge in [0.15, 0.2) is 0 Å². The molecule has 2 rings (SSSR count). The average Bonchev–Trinajstić information content (AvgIpc) is 2.99. The summed E-state index contributed by atoms with van der Waals surface area (Å²) >= 11 is 0. The van der Waals surface area contributed by atoms with Gasteiger partial charge in [-0.05, 0) is 50.6 Å². The van der Waals surface area contributed by atoms with Gasteiger partial charge < -0.3 is 15.5 Å². The van der Waals surface area contributed by atoms with Crippen molar-refractivity contribution in [3.8, 4) is 0 Å². The maximum absolute atomic E-state index is 12.3. The second kappa shape index (κ2) is 9.88. The molecule has 0 bridgehead atoms. The smallest absolute Gasteiger partial charge is 0.239 e. The van der Waals surface area contributed by atoms with E-state index in [-0.39, 0.29) is 36.8 Å². The normalized spacial score (nSPS) is 23.8. The molecule has 0 radical (unpaired) electrons. The van der Waals surface area contributed by atoms with E-state index in [1.54, 1.807) is 0 Å². The Morgan fingerprint density at radius 3 is 2.38 bits per heavy atom. The van der Waals surface area contributed by atoms with Crippen molar-refractivity contribution in [3.63, 3.8) is 0 Å². The summed E-state index contributed by atoms with van der Waals surface area (Å²) in [6.45, 7) is 9.72. The van der Waals surface area contributed by atoms with E-state index in [9.17, 15) is 4.79 Å². The number of carbonyl (C=O) groups excluding carboxylic acids is 1. The van der Waals surface area contributed by atoms with E-state index in [4.69, 9.17) is 5.73 Å². The first kappa shape index (κ1) is 21.0. The Bertz CT molecular complexity index is 309. The predicted octanol–water partition coefficient (Wildman–Crippen LogP) is 2.15. The van der Waals surface area contributed by atoms with E-state index in [1.807, 2.05) is 4.90 Å². The number of likely N-dealkylation sites (tertiary alicyclic amines) is 2. The van der Waals surface area contributed by atoms with Crippen LogP contribution in [0.2, 0.25) is 0 Å². The second-order valence-corrected chi connectivity index (χ2v) is 6.68. The van der Waals surface area contributed by atoms with Crippen LogP contribution in [0.1, 0.15) is 39.5 Å². The second-order valence-electron chi connectivity index (χ2n) is 6.68. The summed E-state index contributed by atoms with van der Waals surface area (Å²) < 4.78 is 0. The summed E-state index contributed by atoms with van der Waals surface area (Å²) in [6, 6.07) is -0.300. The van der Waals surface area contributed by atoms with Crippen LogP contribution < -0.4 is 5.73 Å². The van der Waals surface area contributed by atoms with E-state index >= 15 is 0 Å². The topological polar surface area (TPSA) is 49.6 Å². The molecule has 0 aromatic carbocycles. The predicted molar refractivity (Wildman–Crippen MR) is 92.3 cm³/mol. The minimum absolute atomic E-state index is 0. The summed E-state index contributed by atoms with van der Waals surface area (Å²) in [7, 11) is 0. The average molecular weight is 340 g/mol. The van der Waals surface area contributed by atoms with Crippen LogP contribution in [-0.4, -0.2) is 54.5 Å². The fourth-order valence-electron chi connectivity index (χ4n) is 3.36. The SMILES string of the molecule is CC(C)C[C@H](N)C(=O)N1CCC(CN2CCCC2)C1.Cl.Cl. The minimum Gasteiger partial charge on any atom is -0.341 e. The highest BCUT2D eigenvalue weighted by Crippen LogP contribution is 2.21. The number of nitrogens with zero attached hydrogens (tertiary/aromatic N) is 2. The monoisotopic (exact) mass is 339 g/mol. The number of rotatable bonds is 5. The van der Waals surface area contributed by atoms with Gasteiger partial charge in [-0.25, -0.2) is 0 Å². The molecule has 2 atom stereocenters. The number of hydrogen-bond acceptors (Lipinski definition) is 3. The maximum atomic E-state index is 12.3. The molecular formula is C15H31Cl2N3O. The lowest BCUT2D eigenvalue weighted by Crippen LogP contribution is -2.43. The van der Waals surface area contributed by atoms with Crippen molar-refractivity contribution in [2.75, 3.05) is 32.7 Å². The van der Waals surface area contributed by atoms with Crippen LogP contribution in [0, 0.1) is 11.8 Å². The fraction of sp³-hybridized carbons (Fsp3) is 0.933. The van der Waals surface area contributed by atoms with Crippen LogP contribution in [0.5, 0.6) is 0 Å². The third-order valence-corrected chi connectivity index (χ3v) is 4.36. The van der Waals surface area contributed by atoms with Crippen LogP contribution in [0.25, 0.3) is 0 Å². The van der Waals surface area contributed by atoms with E-state index in [2.05, 4.69) is 18.7 Å². The molecule has 2 saturated heterocycles. The highest BCUT2D eigenvalue weighted by atomic mass is 35.5. The molecule has 0 aromatic rings. The molecule has 1 amide bonds. The molecular weight excluding hydrogens is 309 g/mol. The molecule has 2 fully saturated rings. The Morgan fingerprint density at radius 1 is 1.19 bits per heavy atom. The molecule has 0 spiro atoms. The van der Waals surface area contributed by atoms with Gasteiger partial charge in [0.1, 0.15) is 0 Å². The first-order valence-electron chi connectivity index (χ1n) is 7.83. The van der Waals surface area contributed by atoms with Gasteiger partial charge in [-0.1, -0.05) is 13.8 Å². The van der Waals surface area contributed by atoms with Gasteiger partial charge in [0, 0.05) is 19.6 Å². The van der Waals surface area contributed by atoms with Crippen LogP contribution in [0.15, 0.2) is 0 Å². The van der Waals surface area contributed by atoms with E-state index < -0.39 is 0 Å². The van der Waals surface area contributed by atoms with Gasteiger partial charge >= 0.3 is 0 Å². The van der Waals surface area contributed by atoms with Crippen molar-refractivity contribution in [2.45, 2.75) is 45.6 Å². The van der Waals surface area contributed by atoms with Crippen LogP contribution in [0.4, 0.5) is 0 Å². The fourth-order valence-corrected chi connectivity index (χ4v) is 3.36. The molecule has 6 heteroatoms. The molecule has 0 saturated carbocycles. The van der Waals surface area contributed by atoms with Crippen molar-refractivity contribution in [3.05, 3.63) is 0 Å². The highest BCUT2D eigenvalue weighted by Gasteiger charge is 2.30. The van der Waals surface area contributed by atoms with E-state index in [0.29, 0.717) is 11.8 Å². The van der Waals surface area contributed by atoms with Gasteiger partial charge in [0.05, 0.1) is 6.04 Å². The Labute approximate surface area is 141 Å².